The van der Waals surface area contributed by atoms with E-state index >= 15 is 0 Å². The van der Waals surface area contributed by atoms with Crippen molar-refractivity contribution in [1.29, 1.82) is 0 Å². The molecule has 0 unspecified atom stereocenters. The van der Waals surface area contributed by atoms with E-state index in [1.807, 2.05) is 12.1 Å². The number of hydrogen-bond donors (Lipinski definition) is 0. The Labute approximate surface area is 111 Å². The number of benzene rings is 1. The maximum Gasteiger partial charge on any atom is 0.146 e. The van der Waals surface area contributed by atoms with E-state index in [-0.39, 0.29) is 5.82 Å². The summed E-state index contributed by atoms with van der Waals surface area (Å²) in [5.41, 5.74) is 1.77. The first-order chi connectivity index (χ1) is 8.31. The summed E-state index contributed by atoms with van der Waals surface area (Å²) in [6.07, 6.45) is 6.24. The Morgan fingerprint density at radius 3 is 2.29 bits per heavy atom. The van der Waals surface area contributed by atoms with Crippen LogP contribution >= 0.6 is 15.9 Å². The van der Waals surface area contributed by atoms with Crippen LogP contribution in [0.1, 0.15) is 37.7 Å². The Morgan fingerprint density at radius 2 is 1.71 bits per heavy atom. The van der Waals surface area contributed by atoms with Gasteiger partial charge < -0.3 is 4.90 Å². The number of nitrogens with zero attached hydrogens (tertiary/aromatic N) is 1. The lowest BCUT2D eigenvalue weighted by Crippen LogP contribution is -2.27. The van der Waals surface area contributed by atoms with E-state index in [2.05, 4.69) is 20.8 Å². The minimum atomic E-state index is -0.0810. The molecule has 0 bridgehead atoms. The SMILES string of the molecule is Fc1cc(CBr)ccc1N1CCCCCCC1. The molecule has 1 fully saturated rings. The van der Waals surface area contributed by atoms with Gasteiger partial charge in [-0.15, -0.1) is 0 Å². The Balaban J connectivity index is 2.13. The molecule has 1 heterocycles. The lowest BCUT2D eigenvalue weighted by atomic mass is 10.1. The number of alkyl halides is 1. The number of hydrogen-bond acceptors (Lipinski definition) is 1. The zero-order valence-corrected chi connectivity index (χ0v) is 11.7. The number of halogens is 2. The summed E-state index contributed by atoms with van der Waals surface area (Å²) in [4.78, 5) is 2.20. The molecule has 1 aliphatic rings. The van der Waals surface area contributed by atoms with Crippen molar-refractivity contribution in [2.75, 3.05) is 18.0 Å². The third-order valence-corrected chi connectivity index (χ3v) is 4.01. The normalized spacial score (nSPS) is 17.6. The number of rotatable bonds is 2. The Morgan fingerprint density at radius 1 is 1.06 bits per heavy atom. The predicted molar refractivity (Wildman–Crippen MR) is 74.3 cm³/mol. The molecule has 3 heteroatoms. The summed E-state index contributed by atoms with van der Waals surface area (Å²) < 4.78 is 14.0. The molecule has 0 saturated carbocycles. The Bertz CT molecular complexity index is 359. The zero-order valence-electron chi connectivity index (χ0n) is 10.1. The van der Waals surface area contributed by atoms with Gasteiger partial charge in [-0.3, -0.25) is 0 Å². The van der Waals surface area contributed by atoms with E-state index in [1.165, 1.54) is 32.1 Å². The van der Waals surface area contributed by atoms with Crippen molar-refractivity contribution in [2.24, 2.45) is 0 Å². The summed E-state index contributed by atoms with van der Waals surface area (Å²) >= 11 is 3.35. The van der Waals surface area contributed by atoms with Gasteiger partial charge in [0.2, 0.25) is 0 Å². The van der Waals surface area contributed by atoms with Gasteiger partial charge in [-0.25, -0.2) is 4.39 Å². The van der Waals surface area contributed by atoms with Gasteiger partial charge in [-0.2, -0.15) is 0 Å². The topological polar surface area (TPSA) is 3.24 Å². The van der Waals surface area contributed by atoms with Gasteiger partial charge in [0, 0.05) is 18.4 Å². The summed E-state index contributed by atoms with van der Waals surface area (Å²) in [6.45, 7) is 1.98. The highest BCUT2D eigenvalue weighted by atomic mass is 79.9. The van der Waals surface area contributed by atoms with E-state index < -0.39 is 0 Å². The van der Waals surface area contributed by atoms with Crippen molar-refractivity contribution < 1.29 is 4.39 Å². The lowest BCUT2D eigenvalue weighted by Gasteiger charge is -2.27. The van der Waals surface area contributed by atoms with Crippen LogP contribution in [0.15, 0.2) is 18.2 Å². The molecular weight excluding hydrogens is 281 g/mol. The quantitative estimate of drug-likeness (QED) is 0.727. The van der Waals surface area contributed by atoms with Crippen molar-refractivity contribution in [3.05, 3.63) is 29.6 Å². The first kappa shape index (κ1) is 12.9. The van der Waals surface area contributed by atoms with Crippen molar-refractivity contribution in [3.63, 3.8) is 0 Å². The van der Waals surface area contributed by atoms with Gasteiger partial charge in [0.15, 0.2) is 0 Å². The second-order valence-corrected chi connectivity index (χ2v) is 5.23. The summed E-state index contributed by atoms with van der Waals surface area (Å²) in [5, 5.41) is 0.712. The molecule has 1 saturated heterocycles. The lowest BCUT2D eigenvalue weighted by molar-refractivity contribution is 0.544. The van der Waals surface area contributed by atoms with Gasteiger partial charge in [0.05, 0.1) is 5.69 Å². The minimum Gasteiger partial charge on any atom is -0.369 e. The molecule has 0 atom stereocenters. The van der Waals surface area contributed by atoms with E-state index in [0.717, 1.165) is 24.3 Å². The fraction of sp³-hybridized carbons (Fsp3) is 0.571. The average Bonchev–Trinajstić information content (AvgIpc) is 2.29. The van der Waals surface area contributed by atoms with E-state index in [4.69, 9.17) is 0 Å². The molecule has 17 heavy (non-hydrogen) atoms. The highest BCUT2D eigenvalue weighted by Crippen LogP contribution is 2.24. The van der Waals surface area contributed by atoms with Crippen molar-refractivity contribution >= 4 is 21.6 Å². The van der Waals surface area contributed by atoms with Crippen LogP contribution in [-0.2, 0) is 5.33 Å². The molecule has 1 aromatic rings. The maximum absolute atomic E-state index is 14.0. The largest absolute Gasteiger partial charge is 0.369 e. The average molecular weight is 300 g/mol. The van der Waals surface area contributed by atoms with Crippen LogP contribution in [0.3, 0.4) is 0 Å². The van der Waals surface area contributed by atoms with Gasteiger partial charge in [-0.1, -0.05) is 41.3 Å². The molecule has 0 amide bonds. The molecular formula is C14H19BrFN. The van der Waals surface area contributed by atoms with E-state index in [0.29, 0.717) is 5.33 Å². The monoisotopic (exact) mass is 299 g/mol. The molecule has 1 nitrogen and oxygen atoms in total. The predicted octanol–water partition coefficient (Wildman–Crippen LogP) is 4.49. The van der Waals surface area contributed by atoms with Crippen LogP contribution in [0, 0.1) is 5.82 Å². The van der Waals surface area contributed by atoms with E-state index in [1.54, 1.807) is 6.07 Å². The van der Waals surface area contributed by atoms with Crippen LogP contribution in [0.2, 0.25) is 0 Å². The zero-order chi connectivity index (χ0) is 12.1. The van der Waals surface area contributed by atoms with Crippen molar-refractivity contribution in [3.8, 4) is 0 Å². The molecule has 1 aromatic carbocycles. The van der Waals surface area contributed by atoms with Crippen LogP contribution in [0.4, 0.5) is 10.1 Å². The highest BCUT2D eigenvalue weighted by molar-refractivity contribution is 9.08. The Hall–Kier alpha value is -0.570. The summed E-state index contributed by atoms with van der Waals surface area (Å²) in [6, 6.07) is 5.57. The van der Waals surface area contributed by atoms with Crippen molar-refractivity contribution in [1.82, 2.24) is 0 Å². The third-order valence-electron chi connectivity index (χ3n) is 3.36. The molecule has 2 rings (SSSR count). The van der Waals surface area contributed by atoms with Crippen molar-refractivity contribution in [2.45, 2.75) is 37.4 Å². The van der Waals surface area contributed by atoms with Gasteiger partial charge in [0.25, 0.3) is 0 Å². The molecule has 0 spiro atoms. The van der Waals surface area contributed by atoms with Crippen LogP contribution in [0.25, 0.3) is 0 Å². The second-order valence-electron chi connectivity index (χ2n) is 4.67. The molecule has 0 radical (unpaired) electrons. The third kappa shape index (κ3) is 3.44. The molecule has 0 aromatic heterocycles. The van der Waals surface area contributed by atoms with Crippen LogP contribution in [0.5, 0.6) is 0 Å². The fourth-order valence-corrected chi connectivity index (χ4v) is 2.73. The minimum absolute atomic E-state index is 0.0810. The van der Waals surface area contributed by atoms with Gasteiger partial charge in [0.1, 0.15) is 5.82 Å². The van der Waals surface area contributed by atoms with E-state index in [9.17, 15) is 4.39 Å². The second kappa shape index (κ2) is 6.39. The first-order valence-corrected chi connectivity index (χ1v) is 7.53. The van der Waals surface area contributed by atoms with Gasteiger partial charge >= 0.3 is 0 Å². The highest BCUT2D eigenvalue weighted by Gasteiger charge is 2.13. The molecule has 0 N–H and O–H groups in total. The standard InChI is InChI=1S/C14H19BrFN/c15-11-12-6-7-14(13(16)10-12)17-8-4-2-1-3-5-9-17/h6-7,10H,1-5,8-9,11H2. The molecule has 1 aliphatic heterocycles. The Kier molecular flexibility index (Phi) is 4.84. The summed E-state index contributed by atoms with van der Waals surface area (Å²) in [5.74, 6) is -0.0810. The summed E-state index contributed by atoms with van der Waals surface area (Å²) in [7, 11) is 0. The fourth-order valence-electron chi connectivity index (χ4n) is 2.38. The van der Waals surface area contributed by atoms with Crippen LogP contribution in [-0.4, -0.2) is 13.1 Å². The van der Waals surface area contributed by atoms with Crippen LogP contribution < -0.4 is 4.90 Å². The molecule has 0 aliphatic carbocycles. The molecule has 94 valence electrons. The number of anilines is 1. The van der Waals surface area contributed by atoms with Gasteiger partial charge in [-0.05, 0) is 30.5 Å². The maximum atomic E-state index is 14.0. The first-order valence-electron chi connectivity index (χ1n) is 6.40. The smallest absolute Gasteiger partial charge is 0.146 e.